The van der Waals surface area contributed by atoms with Crippen molar-refractivity contribution in [1.29, 1.82) is 0 Å². The predicted octanol–water partition coefficient (Wildman–Crippen LogP) is 0.143. The molecular weight excluding hydrogens is 462 g/mol. The average molecular weight is 483 g/mol. The fourth-order valence-electron chi connectivity index (χ4n) is 3.39. The fraction of sp³-hybridized carbons (Fsp3) is 0.120. The zero-order valence-corrected chi connectivity index (χ0v) is 19.6. The summed E-state index contributed by atoms with van der Waals surface area (Å²) in [6.45, 7) is 2.15. The monoisotopic (exact) mass is 480 g/mol. The molecule has 0 spiro atoms. The molecule has 0 nitrogen and oxygen atoms in total. The van der Waals surface area contributed by atoms with Crippen molar-refractivity contribution in [3.63, 3.8) is 0 Å². The second kappa shape index (κ2) is 11.6. The van der Waals surface area contributed by atoms with Gasteiger partial charge in [-0.15, -0.1) is 11.1 Å². The van der Waals surface area contributed by atoms with Gasteiger partial charge in [-0.25, -0.2) is 6.08 Å². The largest absolute Gasteiger partial charge is 4.00 e. The first kappa shape index (κ1) is 24.6. The fourth-order valence-corrected chi connectivity index (χ4v) is 3.39. The van der Waals surface area contributed by atoms with E-state index in [1.807, 2.05) is 12.1 Å². The van der Waals surface area contributed by atoms with Crippen LogP contribution in [-0.2, 0) is 32.6 Å². The molecule has 5 rings (SSSR count). The van der Waals surface area contributed by atoms with Crippen LogP contribution in [0.5, 0.6) is 0 Å². The minimum Gasteiger partial charge on any atom is -1.00 e. The van der Waals surface area contributed by atoms with Crippen molar-refractivity contribution in [3.8, 4) is 11.1 Å². The van der Waals surface area contributed by atoms with Gasteiger partial charge in [0.1, 0.15) is 0 Å². The third-order valence-corrected chi connectivity index (χ3v) is 4.65. The maximum Gasteiger partial charge on any atom is 4.00 e. The van der Waals surface area contributed by atoms with E-state index in [1.165, 1.54) is 33.4 Å². The SMILES string of the molecule is CC1[C-]=CC(c2ccccc2)=C1.[Cl-].[Cl-].[Zr+4].[c-]1cccc2c1Cc1ccccc1-2. The summed E-state index contributed by atoms with van der Waals surface area (Å²) in [5, 5.41) is 0. The van der Waals surface area contributed by atoms with E-state index in [2.05, 4.69) is 91.9 Å². The van der Waals surface area contributed by atoms with Crippen molar-refractivity contribution < 1.29 is 51.0 Å². The Kier molecular flexibility index (Phi) is 10.2. The van der Waals surface area contributed by atoms with Crippen molar-refractivity contribution >= 4 is 5.57 Å². The molecule has 1 atom stereocenters. The summed E-state index contributed by atoms with van der Waals surface area (Å²) >= 11 is 0. The number of rotatable bonds is 1. The molecular formula is C25H20Cl2Zr. The zero-order valence-electron chi connectivity index (χ0n) is 15.6. The quantitative estimate of drug-likeness (QED) is 0.339. The molecule has 3 aromatic carbocycles. The third-order valence-electron chi connectivity index (χ3n) is 4.65. The normalized spacial score (nSPS) is 14.8. The minimum atomic E-state index is 0. The van der Waals surface area contributed by atoms with E-state index < -0.39 is 0 Å². The molecule has 0 aromatic heterocycles. The van der Waals surface area contributed by atoms with Crippen LogP contribution in [0, 0.1) is 18.1 Å². The molecule has 2 aliphatic rings. The van der Waals surface area contributed by atoms with Crippen LogP contribution in [0.3, 0.4) is 0 Å². The van der Waals surface area contributed by atoms with Crippen LogP contribution in [0.15, 0.2) is 84.9 Å². The standard InChI is InChI=1S/C13H9.C12H11.2ClH.Zr/c1-3-7-12-10(5-1)9-11-6-2-4-8-13(11)12;1-10-7-8-12(9-10)11-5-3-2-4-6-11;;;/h1-5,7-8H,9H2;2-6,8-10H,1H3;2*1H;/q2*-1;;;+4/p-2. The summed E-state index contributed by atoms with van der Waals surface area (Å²) in [5.74, 6) is 0.472. The Morgan fingerprint density at radius 1 is 0.821 bits per heavy atom. The molecule has 3 heteroatoms. The Hall–Kier alpha value is -1.40. The van der Waals surface area contributed by atoms with Crippen molar-refractivity contribution in [2.24, 2.45) is 5.92 Å². The van der Waals surface area contributed by atoms with E-state index in [0.29, 0.717) is 5.92 Å². The number of halogens is 2. The minimum absolute atomic E-state index is 0. The van der Waals surface area contributed by atoms with Gasteiger partial charge in [0.05, 0.1) is 0 Å². The number of allylic oxidation sites excluding steroid dienone is 4. The molecule has 28 heavy (non-hydrogen) atoms. The molecule has 0 saturated carbocycles. The Labute approximate surface area is 199 Å². The molecule has 0 aliphatic heterocycles. The Morgan fingerprint density at radius 2 is 1.50 bits per heavy atom. The van der Waals surface area contributed by atoms with E-state index in [4.69, 9.17) is 0 Å². The van der Waals surface area contributed by atoms with Crippen LogP contribution >= 0.6 is 0 Å². The number of fused-ring (bicyclic) bond motifs is 3. The van der Waals surface area contributed by atoms with Gasteiger partial charge in [0.2, 0.25) is 0 Å². The van der Waals surface area contributed by atoms with Crippen LogP contribution in [0.2, 0.25) is 0 Å². The molecule has 0 bridgehead atoms. The molecule has 0 saturated heterocycles. The van der Waals surface area contributed by atoms with Gasteiger partial charge in [-0.3, -0.25) is 6.08 Å². The maximum atomic E-state index is 3.30. The zero-order chi connectivity index (χ0) is 17.1. The van der Waals surface area contributed by atoms with Crippen molar-refractivity contribution in [1.82, 2.24) is 0 Å². The van der Waals surface area contributed by atoms with Crippen LogP contribution < -0.4 is 24.8 Å². The van der Waals surface area contributed by atoms with Crippen LogP contribution in [-0.4, -0.2) is 0 Å². The molecule has 0 N–H and O–H groups in total. The first-order valence-corrected chi connectivity index (χ1v) is 8.75. The first-order valence-electron chi connectivity index (χ1n) is 8.75. The third kappa shape index (κ3) is 5.57. The molecule has 1 unspecified atom stereocenters. The van der Waals surface area contributed by atoms with Crippen molar-refractivity contribution in [2.75, 3.05) is 0 Å². The smallest absolute Gasteiger partial charge is 1.00 e. The summed E-state index contributed by atoms with van der Waals surface area (Å²) in [6.07, 6.45) is 8.60. The van der Waals surface area contributed by atoms with E-state index in [1.54, 1.807) is 0 Å². The average Bonchev–Trinajstić information content (AvgIpc) is 3.26. The Bertz CT molecular complexity index is 902. The van der Waals surface area contributed by atoms with E-state index in [0.717, 1.165) is 6.42 Å². The van der Waals surface area contributed by atoms with Gasteiger partial charge in [-0.2, -0.15) is 41.5 Å². The molecule has 0 heterocycles. The van der Waals surface area contributed by atoms with Crippen molar-refractivity contribution in [2.45, 2.75) is 13.3 Å². The maximum absolute atomic E-state index is 3.30. The van der Waals surface area contributed by atoms with E-state index in [-0.39, 0.29) is 51.0 Å². The van der Waals surface area contributed by atoms with Gasteiger partial charge in [0.25, 0.3) is 0 Å². The molecule has 138 valence electrons. The Balaban J connectivity index is 0.000000254. The second-order valence-corrected chi connectivity index (χ2v) is 6.48. The summed E-state index contributed by atoms with van der Waals surface area (Å²) < 4.78 is 0. The van der Waals surface area contributed by atoms with Gasteiger partial charge < -0.3 is 24.8 Å². The molecule has 0 amide bonds. The number of hydrogen-bond acceptors (Lipinski definition) is 0. The Morgan fingerprint density at radius 3 is 2.21 bits per heavy atom. The summed E-state index contributed by atoms with van der Waals surface area (Å²) in [6, 6.07) is 28.5. The molecule has 3 aromatic rings. The second-order valence-electron chi connectivity index (χ2n) is 6.48. The van der Waals surface area contributed by atoms with Crippen LogP contribution in [0.1, 0.15) is 23.6 Å². The van der Waals surface area contributed by atoms with E-state index >= 15 is 0 Å². The topological polar surface area (TPSA) is 0 Å². The summed E-state index contributed by atoms with van der Waals surface area (Å²) in [7, 11) is 0. The predicted molar refractivity (Wildman–Crippen MR) is 105 cm³/mol. The van der Waals surface area contributed by atoms with E-state index in [9.17, 15) is 0 Å². The molecule has 0 radical (unpaired) electrons. The van der Waals surface area contributed by atoms with Gasteiger partial charge in [0, 0.05) is 0 Å². The van der Waals surface area contributed by atoms with Crippen LogP contribution in [0.25, 0.3) is 16.7 Å². The molecule has 0 fully saturated rings. The van der Waals surface area contributed by atoms with Gasteiger partial charge in [-0.05, 0) is 6.42 Å². The van der Waals surface area contributed by atoms with Gasteiger partial charge in [0.15, 0.2) is 0 Å². The summed E-state index contributed by atoms with van der Waals surface area (Å²) in [5.41, 5.74) is 8.09. The van der Waals surface area contributed by atoms with Gasteiger partial charge >= 0.3 is 26.2 Å². The number of benzene rings is 3. The first-order chi connectivity index (χ1) is 12.3. The number of hydrogen-bond donors (Lipinski definition) is 0. The van der Waals surface area contributed by atoms with Crippen LogP contribution in [0.4, 0.5) is 0 Å². The van der Waals surface area contributed by atoms with Crippen molar-refractivity contribution in [3.05, 3.63) is 114 Å². The van der Waals surface area contributed by atoms with Gasteiger partial charge in [-0.1, -0.05) is 78.6 Å². The molecule has 2 aliphatic carbocycles. The summed E-state index contributed by atoms with van der Waals surface area (Å²) in [4.78, 5) is 0.